The first-order chi connectivity index (χ1) is 9.43. The number of pyridine rings is 1. The number of halogens is 3. The molecule has 2 heterocycles. The average molecular weight is 305 g/mol. The summed E-state index contributed by atoms with van der Waals surface area (Å²) in [5, 5.41) is 18.8. The van der Waals surface area contributed by atoms with Gasteiger partial charge >= 0.3 is 6.18 Å². The van der Waals surface area contributed by atoms with E-state index in [2.05, 4.69) is 15.4 Å². The van der Waals surface area contributed by atoms with Crippen molar-refractivity contribution in [2.75, 3.05) is 5.75 Å². The minimum Gasteiger partial charge on any atom is -0.409 e. The van der Waals surface area contributed by atoms with Crippen molar-refractivity contribution in [3.8, 4) is 0 Å². The summed E-state index contributed by atoms with van der Waals surface area (Å²) >= 11 is 0.833. The number of aromatic nitrogens is 3. The SMILES string of the molecule is N/C(=N/O)C(CSc1nnc2ccccn12)C(F)(F)F. The van der Waals surface area contributed by atoms with E-state index in [1.807, 2.05) is 0 Å². The number of oxime groups is 1. The van der Waals surface area contributed by atoms with Crippen LogP contribution in [0, 0.1) is 5.92 Å². The molecule has 0 spiro atoms. The zero-order chi connectivity index (χ0) is 14.8. The molecule has 0 aliphatic carbocycles. The van der Waals surface area contributed by atoms with Gasteiger partial charge in [0.2, 0.25) is 0 Å². The Morgan fingerprint density at radius 2 is 2.20 bits per heavy atom. The van der Waals surface area contributed by atoms with Crippen molar-refractivity contribution < 1.29 is 18.4 Å². The molecule has 0 bridgehead atoms. The Bertz CT molecular complexity index is 627. The molecule has 1 atom stereocenters. The van der Waals surface area contributed by atoms with Gasteiger partial charge in [0.05, 0.1) is 0 Å². The smallest absolute Gasteiger partial charge is 0.399 e. The quantitative estimate of drug-likeness (QED) is 0.295. The number of fused-ring (bicyclic) bond motifs is 1. The van der Waals surface area contributed by atoms with Gasteiger partial charge < -0.3 is 10.9 Å². The van der Waals surface area contributed by atoms with Crippen LogP contribution in [0.15, 0.2) is 34.7 Å². The van der Waals surface area contributed by atoms with Crippen molar-refractivity contribution >= 4 is 23.2 Å². The number of thioether (sulfide) groups is 1. The predicted molar refractivity (Wildman–Crippen MR) is 66.7 cm³/mol. The Kier molecular flexibility index (Phi) is 4.02. The van der Waals surface area contributed by atoms with Gasteiger partial charge in [0, 0.05) is 11.9 Å². The molecule has 0 saturated carbocycles. The minimum atomic E-state index is -4.59. The van der Waals surface area contributed by atoms with E-state index < -0.39 is 23.7 Å². The van der Waals surface area contributed by atoms with Crippen LogP contribution in [-0.4, -0.2) is 37.6 Å². The lowest BCUT2D eigenvalue weighted by molar-refractivity contribution is -0.150. The highest BCUT2D eigenvalue weighted by molar-refractivity contribution is 7.99. The zero-order valence-electron chi connectivity index (χ0n) is 9.95. The lowest BCUT2D eigenvalue weighted by Gasteiger charge is -2.17. The van der Waals surface area contributed by atoms with E-state index in [-0.39, 0.29) is 0 Å². The monoisotopic (exact) mass is 305 g/mol. The van der Waals surface area contributed by atoms with Crippen molar-refractivity contribution in [3.63, 3.8) is 0 Å². The van der Waals surface area contributed by atoms with Crippen molar-refractivity contribution in [1.82, 2.24) is 14.6 Å². The highest BCUT2D eigenvalue weighted by Gasteiger charge is 2.43. The molecule has 3 N–H and O–H groups in total. The summed E-state index contributed by atoms with van der Waals surface area (Å²) in [6, 6.07) is 5.14. The first-order valence-corrected chi connectivity index (χ1v) is 6.38. The van der Waals surface area contributed by atoms with Gasteiger partial charge in [-0.2, -0.15) is 13.2 Å². The maximum absolute atomic E-state index is 12.8. The molecular weight excluding hydrogens is 295 g/mol. The first kappa shape index (κ1) is 14.4. The molecule has 2 aromatic heterocycles. The number of amidine groups is 1. The summed E-state index contributed by atoms with van der Waals surface area (Å²) in [5.74, 6) is -3.37. The fourth-order valence-corrected chi connectivity index (χ4v) is 2.56. The molecule has 0 aromatic carbocycles. The number of nitrogens with two attached hydrogens (primary N) is 1. The van der Waals surface area contributed by atoms with Gasteiger partial charge in [0.25, 0.3) is 0 Å². The van der Waals surface area contributed by atoms with E-state index in [0.29, 0.717) is 10.8 Å². The molecule has 0 aliphatic rings. The van der Waals surface area contributed by atoms with Gasteiger partial charge in [-0.1, -0.05) is 23.0 Å². The number of nitrogens with zero attached hydrogens (tertiary/aromatic N) is 4. The third-order valence-corrected chi connectivity index (χ3v) is 3.57. The fourth-order valence-electron chi connectivity index (χ4n) is 1.49. The third kappa shape index (κ3) is 2.95. The summed E-state index contributed by atoms with van der Waals surface area (Å²) in [4.78, 5) is 0. The van der Waals surface area contributed by atoms with Crippen LogP contribution in [0.1, 0.15) is 0 Å². The van der Waals surface area contributed by atoms with Gasteiger partial charge in [-0.25, -0.2) is 0 Å². The van der Waals surface area contributed by atoms with Crippen LogP contribution in [0.25, 0.3) is 5.65 Å². The Balaban J connectivity index is 2.18. The van der Waals surface area contributed by atoms with E-state index >= 15 is 0 Å². The predicted octanol–water partition coefficient (Wildman–Crippen LogP) is 1.75. The Morgan fingerprint density at radius 3 is 2.85 bits per heavy atom. The molecule has 0 radical (unpaired) electrons. The van der Waals surface area contributed by atoms with Crippen LogP contribution in [0.2, 0.25) is 0 Å². The standard InChI is InChI=1S/C10H10F3N5OS/c11-10(12,13)6(8(14)17-19)5-20-9-16-15-7-3-1-2-4-18(7)9/h1-4,6,19H,5H2,(H2,14,17). The Labute approximate surface area is 115 Å². The molecule has 0 saturated heterocycles. The van der Waals surface area contributed by atoms with E-state index in [4.69, 9.17) is 10.9 Å². The molecule has 0 amide bonds. The summed E-state index contributed by atoms with van der Waals surface area (Å²) in [7, 11) is 0. The van der Waals surface area contributed by atoms with Crippen LogP contribution in [0.5, 0.6) is 0 Å². The number of alkyl halides is 3. The van der Waals surface area contributed by atoms with Gasteiger partial charge in [0.15, 0.2) is 16.6 Å². The normalized spacial score (nSPS) is 14.7. The van der Waals surface area contributed by atoms with Crippen LogP contribution >= 0.6 is 11.8 Å². The third-order valence-electron chi connectivity index (χ3n) is 2.53. The topological polar surface area (TPSA) is 88.8 Å². The second-order valence-corrected chi connectivity index (χ2v) is 4.83. The molecule has 20 heavy (non-hydrogen) atoms. The Morgan fingerprint density at radius 1 is 1.45 bits per heavy atom. The highest BCUT2D eigenvalue weighted by atomic mass is 32.2. The van der Waals surface area contributed by atoms with Crippen molar-refractivity contribution in [2.24, 2.45) is 16.8 Å². The second-order valence-electron chi connectivity index (χ2n) is 3.84. The lowest BCUT2D eigenvalue weighted by atomic mass is 10.1. The van der Waals surface area contributed by atoms with Gasteiger partial charge in [-0.15, -0.1) is 10.2 Å². The molecule has 10 heteroatoms. The number of hydrogen-bond acceptors (Lipinski definition) is 5. The maximum atomic E-state index is 12.8. The second kappa shape index (κ2) is 5.57. The molecule has 0 aliphatic heterocycles. The molecule has 0 fully saturated rings. The molecule has 108 valence electrons. The van der Waals surface area contributed by atoms with E-state index in [0.717, 1.165) is 11.8 Å². The maximum Gasteiger partial charge on any atom is 0.399 e. The number of rotatable bonds is 4. The van der Waals surface area contributed by atoms with Crippen molar-refractivity contribution in [1.29, 1.82) is 0 Å². The van der Waals surface area contributed by atoms with Crippen LogP contribution in [-0.2, 0) is 0 Å². The van der Waals surface area contributed by atoms with Gasteiger partial charge in [-0.05, 0) is 12.1 Å². The van der Waals surface area contributed by atoms with Crippen molar-refractivity contribution in [2.45, 2.75) is 11.3 Å². The molecule has 2 rings (SSSR count). The van der Waals surface area contributed by atoms with Gasteiger partial charge in [0.1, 0.15) is 5.92 Å². The van der Waals surface area contributed by atoms with Crippen molar-refractivity contribution in [3.05, 3.63) is 24.4 Å². The van der Waals surface area contributed by atoms with Crippen LogP contribution in [0.3, 0.4) is 0 Å². The van der Waals surface area contributed by atoms with Crippen LogP contribution in [0.4, 0.5) is 13.2 Å². The molecule has 6 nitrogen and oxygen atoms in total. The minimum absolute atomic E-state index is 0.306. The largest absolute Gasteiger partial charge is 0.409 e. The summed E-state index contributed by atoms with van der Waals surface area (Å²) in [5.41, 5.74) is 5.61. The molecular formula is C10H10F3N5OS. The first-order valence-electron chi connectivity index (χ1n) is 5.40. The average Bonchev–Trinajstić information content (AvgIpc) is 2.80. The fraction of sp³-hybridized carbons (Fsp3) is 0.300. The van der Waals surface area contributed by atoms with E-state index in [9.17, 15) is 13.2 Å². The van der Waals surface area contributed by atoms with Gasteiger partial charge in [-0.3, -0.25) is 4.40 Å². The van der Waals surface area contributed by atoms with E-state index in [1.165, 1.54) is 0 Å². The van der Waals surface area contributed by atoms with E-state index in [1.54, 1.807) is 28.8 Å². The lowest BCUT2D eigenvalue weighted by Crippen LogP contribution is -2.37. The molecule has 2 aromatic rings. The Hall–Kier alpha value is -1.97. The summed E-state index contributed by atoms with van der Waals surface area (Å²) in [6.07, 6.45) is -2.95. The highest BCUT2D eigenvalue weighted by Crippen LogP contribution is 2.31. The summed E-state index contributed by atoms with van der Waals surface area (Å²) < 4.78 is 39.9. The van der Waals surface area contributed by atoms with Crippen LogP contribution < -0.4 is 5.73 Å². The number of hydrogen-bond donors (Lipinski definition) is 2. The zero-order valence-corrected chi connectivity index (χ0v) is 10.8. The molecule has 1 unspecified atom stereocenters. The summed E-state index contributed by atoms with van der Waals surface area (Å²) in [6.45, 7) is 0.